The maximum Gasteiger partial charge on any atom is 0.389 e. The molecular weight excluding hydrogens is 327 g/mol. The van der Waals surface area contributed by atoms with Crippen LogP contribution < -0.4 is 5.32 Å². The number of para-hydroxylation sites is 1. The molecule has 5 heteroatoms. The molecule has 134 valence electrons. The van der Waals surface area contributed by atoms with E-state index in [9.17, 15) is 18.0 Å². The first kappa shape index (κ1) is 19.0. The van der Waals surface area contributed by atoms with Gasteiger partial charge in [-0.3, -0.25) is 4.79 Å². The van der Waals surface area contributed by atoms with Gasteiger partial charge in [-0.2, -0.15) is 13.2 Å². The second kappa shape index (κ2) is 8.70. The van der Waals surface area contributed by atoms with Crippen molar-refractivity contribution in [3.8, 4) is 0 Å². The van der Waals surface area contributed by atoms with Crippen LogP contribution in [0, 0.1) is 0 Å². The minimum absolute atomic E-state index is 0.0312. The number of hydrogen-bond acceptors (Lipinski definition) is 2. The number of rotatable bonds is 8. The number of anilines is 1. The number of carbonyl (C=O) groups is 1. The Hall–Kier alpha value is -2.30. The first-order valence-electron chi connectivity index (χ1n) is 8.33. The van der Waals surface area contributed by atoms with Crippen LogP contribution in [0.15, 0.2) is 48.5 Å². The van der Waals surface area contributed by atoms with Crippen molar-refractivity contribution >= 4 is 11.5 Å². The van der Waals surface area contributed by atoms with Gasteiger partial charge in [-0.15, -0.1) is 0 Å². The molecular formula is C20H22F3NO. The van der Waals surface area contributed by atoms with Gasteiger partial charge in [0.1, 0.15) is 0 Å². The summed E-state index contributed by atoms with van der Waals surface area (Å²) in [5, 5.41) is 3.33. The fourth-order valence-electron chi connectivity index (χ4n) is 2.61. The summed E-state index contributed by atoms with van der Waals surface area (Å²) in [5.41, 5.74) is 3.67. The fraction of sp³-hybridized carbons (Fsp3) is 0.350. The zero-order valence-corrected chi connectivity index (χ0v) is 14.2. The Morgan fingerprint density at radius 3 is 2.32 bits per heavy atom. The summed E-state index contributed by atoms with van der Waals surface area (Å²) in [6.45, 7) is 2.13. The van der Waals surface area contributed by atoms with E-state index in [2.05, 4.69) is 5.32 Å². The number of halogens is 3. The molecule has 1 N–H and O–H groups in total. The summed E-state index contributed by atoms with van der Waals surface area (Å²) >= 11 is 0. The van der Waals surface area contributed by atoms with Crippen molar-refractivity contribution in [2.24, 2.45) is 0 Å². The quantitative estimate of drug-likeness (QED) is 0.484. The third-order valence-electron chi connectivity index (χ3n) is 4.02. The second-order valence-electron chi connectivity index (χ2n) is 6.09. The Kier molecular flexibility index (Phi) is 6.62. The van der Waals surface area contributed by atoms with Crippen molar-refractivity contribution in [2.75, 3.05) is 5.32 Å². The van der Waals surface area contributed by atoms with Crippen molar-refractivity contribution < 1.29 is 18.0 Å². The molecule has 0 unspecified atom stereocenters. The highest BCUT2D eigenvalue weighted by Crippen LogP contribution is 2.24. The molecule has 0 amide bonds. The molecule has 25 heavy (non-hydrogen) atoms. The molecule has 0 spiro atoms. The molecule has 0 aromatic heterocycles. The molecule has 2 nitrogen and oxygen atoms in total. The van der Waals surface area contributed by atoms with E-state index in [0.717, 1.165) is 16.8 Å². The summed E-state index contributed by atoms with van der Waals surface area (Å²) in [5.74, 6) is 0.0312. The zero-order chi connectivity index (χ0) is 18.3. The van der Waals surface area contributed by atoms with E-state index >= 15 is 0 Å². The monoisotopic (exact) mass is 349 g/mol. The van der Waals surface area contributed by atoms with Crippen molar-refractivity contribution in [1.82, 2.24) is 0 Å². The number of unbranched alkanes of at least 4 members (excludes halogenated alkanes) is 1. The molecule has 2 rings (SSSR count). The molecule has 0 aliphatic carbocycles. The normalized spacial score (nSPS) is 11.4. The van der Waals surface area contributed by atoms with Gasteiger partial charge in [-0.1, -0.05) is 42.5 Å². The van der Waals surface area contributed by atoms with Gasteiger partial charge in [0, 0.05) is 24.2 Å². The molecule has 0 saturated carbocycles. The van der Waals surface area contributed by atoms with Gasteiger partial charge in [-0.25, -0.2) is 0 Å². The lowest BCUT2D eigenvalue weighted by atomic mass is 10.0. The molecule has 0 fully saturated rings. The number of benzene rings is 2. The average Bonchev–Trinajstić information content (AvgIpc) is 2.57. The van der Waals surface area contributed by atoms with E-state index in [-0.39, 0.29) is 12.2 Å². The molecule has 0 heterocycles. The average molecular weight is 349 g/mol. The first-order valence-corrected chi connectivity index (χ1v) is 8.33. The lowest BCUT2D eigenvalue weighted by Gasteiger charge is -2.13. The van der Waals surface area contributed by atoms with E-state index < -0.39 is 12.6 Å². The summed E-state index contributed by atoms with van der Waals surface area (Å²) in [6.07, 6.45) is -3.55. The predicted octanol–water partition coefficient (Wildman–Crippen LogP) is 5.78. The summed E-state index contributed by atoms with van der Waals surface area (Å²) in [4.78, 5) is 11.3. The molecule has 2 aromatic carbocycles. The zero-order valence-electron chi connectivity index (χ0n) is 14.2. The van der Waals surface area contributed by atoms with E-state index in [4.69, 9.17) is 0 Å². The number of carbonyl (C=O) groups excluding carboxylic acids is 1. The summed E-state index contributed by atoms with van der Waals surface area (Å²) in [7, 11) is 0. The molecule has 0 saturated heterocycles. The fourth-order valence-corrected chi connectivity index (χ4v) is 2.61. The maximum atomic E-state index is 12.2. The van der Waals surface area contributed by atoms with Crippen molar-refractivity contribution in [2.45, 2.75) is 45.3 Å². The largest absolute Gasteiger partial charge is 0.389 e. The van der Waals surface area contributed by atoms with Crippen molar-refractivity contribution in [1.29, 1.82) is 0 Å². The Morgan fingerprint density at radius 2 is 1.68 bits per heavy atom. The summed E-state index contributed by atoms with van der Waals surface area (Å²) < 4.78 is 36.6. The Morgan fingerprint density at radius 1 is 1.00 bits per heavy atom. The van der Waals surface area contributed by atoms with Crippen LogP contribution >= 0.6 is 0 Å². The smallest absolute Gasteiger partial charge is 0.381 e. The topological polar surface area (TPSA) is 29.1 Å². The van der Waals surface area contributed by atoms with Gasteiger partial charge in [0.05, 0.1) is 0 Å². The Balaban J connectivity index is 1.90. The molecule has 0 radical (unpaired) electrons. The van der Waals surface area contributed by atoms with Crippen LogP contribution in [0.3, 0.4) is 0 Å². The standard InChI is InChI=1S/C20H22F3NO/c1-15(25)17-11-9-16(10-12-17)14-24-19-8-3-2-6-18(19)7-4-5-13-20(21,22)23/h2-3,6,8-12,24H,4-5,7,13-14H2,1H3. The number of hydrogen-bond donors (Lipinski definition) is 1. The van der Waals surface area contributed by atoms with E-state index in [1.54, 1.807) is 12.1 Å². The van der Waals surface area contributed by atoms with Gasteiger partial charge in [0.25, 0.3) is 0 Å². The minimum atomic E-state index is -4.08. The lowest BCUT2D eigenvalue weighted by Crippen LogP contribution is -2.07. The highest BCUT2D eigenvalue weighted by Gasteiger charge is 2.25. The Bertz CT molecular complexity index is 693. The molecule has 0 aliphatic heterocycles. The van der Waals surface area contributed by atoms with Crippen LogP contribution in [0.5, 0.6) is 0 Å². The molecule has 0 atom stereocenters. The molecule has 0 bridgehead atoms. The van der Waals surface area contributed by atoms with Gasteiger partial charge in [0.15, 0.2) is 5.78 Å². The Labute approximate surface area is 146 Å². The third-order valence-corrected chi connectivity index (χ3v) is 4.02. The lowest BCUT2D eigenvalue weighted by molar-refractivity contribution is -0.135. The highest BCUT2D eigenvalue weighted by molar-refractivity contribution is 5.94. The minimum Gasteiger partial charge on any atom is -0.381 e. The maximum absolute atomic E-state index is 12.2. The number of ketones is 1. The third kappa shape index (κ3) is 6.61. The number of nitrogens with one attached hydrogen (secondary N) is 1. The SMILES string of the molecule is CC(=O)c1ccc(CNc2ccccc2CCCCC(F)(F)F)cc1. The van der Waals surface area contributed by atoms with Crippen LogP contribution in [0.1, 0.15) is 47.7 Å². The van der Waals surface area contributed by atoms with Crippen LogP contribution in [0.25, 0.3) is 0 Å². The van der Waals surface area contributed by atoms with Crippen LogP contribution in [0.4, 0.5) is 18.9 Å². The van der Waals surface area contributed by atoms with Crippen molar-refractivity contribution in [3.63, 3.8) is 0 Å². The van der Waals surface area contributed by atoms with Gasteiger partial charge in [-0.05, 0) is 43.4 Å². The van der Waals surface area contributed by atoms with Crippen LogP contribution in [-0.2, 0) is 13.0 Å². The highest BCUT2D eigenvalue weighted by atomic mass is 19.4. The van der Waals surface area contributed by atoms with Crippen LogP contribution in [-0.4, -0.2) is 12.0 Å². The second-order valence-corrected chi connectivity index (χ2v) is 6.09. The van der Waals surface area contributed by atoms with Gasteiger partial charge < -0.3 is 5.32 Å². The molecule has 0 aliphatic rings. The van der Waals surface area contributed by atoms with Crippen LogP contribution in [0.2, 0.25) is 0 Å². The number of aryl methyl sites for hydroxylation is 1. The number of alkyl halides is 3. The van der Waals surface area contributed by atoms with Gasteiger partial charge >= 0.3 is 6.18 Å². The van der Waals surface area contributed by atoms with E-state index in [1.165, 1.54) is 6.92 Å². The number of Topliss-reactive ketones (excluding diaryl/α,β-unsaturated/α-hetero) is 1. The summed E-state index contributed by atoms with van der Waals surface area (Å²) in [6, 6.07) is 15.1. The van der Waals surface area contributed by atoms with E-state index in [1.807, 2.05) is 36.4 Å². The van der Waals surface area contributed by atoms with Crippen molar-refractivity contribution in [3.05, 3.63) is 65.2 Å². The predicted molar refractivity (Wildman–Crippen MR) is 93.8 cm³/mol. The van der Waals surface area contributed by atoms with Gasteiger partial charge in [0.2, 0.25) is 0 Å². The first-order chi connectivity index (χ1) is 11.8. The van der Waals surface area contributed by atoms with E-state index in [0.29, 0.717) is 24.9 Å². The molecule has 2 aromatic rings.